The van der Waals surface area contributed by atoms with E-state index in [0.29, 0.717) is 4.90 Å². The fourth-order valence-electron chi connectivity index (χ4n) is 1.30. The Morgan fingerprint density at radius 3 is 2.05 bits per heavy atom. The van der Waals surface area contributed by atoms with Crippen LogP contribution in [-0.2, 0) is 9.53 Å². The fourth-order valence-corrected chi connectivity index (χ4v) is 1.30. The monoisotopic (exact) mass is 277 g/mol. The van der Waals surface area contributed by atoms with Crippen LogP contribution in [0.25, 0.3) is 0 Å². The van der Waals surface area contributed by atoms with Gasteiger partial charge in [0.05, 0.1) is 12.8 Å². The standard InChI is InChI=1S/C11H10F3NO4/c1-7(16)15(10(17)18-2)8-3-5-9(6-4-8)19-11(12,13)14/h3-6H,1-2H3. The van der Waals surface area contributed by atoms with E-state index in [4.69, 9.17) is 0 Å². The highest BCUT2D eigenvalue weighted by atomic mass is 19.4. The molecule has 0 aliphatic carbocycles. The predicted octanol–water partition coefficient (Wildman–Crippen LogP) is 2.70. The molecular formula is C11H10F3NO4. The SMILES string of the molecule is COC(=O)N(C(C)=O)c1ccc(OC(F)(F)F)cc1. The van der Waals surface area contributed by atoms with Gasteiger partial charge in [-0.15, -0.1) is 13.2 Å². The first kappa shape index (κ1) is 14.8. The molecule has 0 aliphatic rings. The maximum Gasteiger partial charge on any atom is 0.573 e. The van der Waals surface area contributed by atoms with Crippen molar-refractivity contribution in [3.63, 3.8) is 0 Å². The summed E-state index contributed by atoms with van der Waals surface area (Å²) in [6.45, 7) is 1.12. The van der Waals surface area contributed by atoms with Gasteiger partial charge < -0.3 is 9.47 Å². The summed E-state index contributed by atoms with van der Waals surface area (Å²) in [5.41, 5.74) is 0.0777. The molecule has 0 aromatic heterocycles. The van der Waals surface area contributed by atoms with Crippen LogP contribution >= 0.6 is 0 Å². The van der Waals surface area contributed by atoms with Crippen LogP contribution < -0.4 is 9.64 Å². The van der Waals surface area contributed by atoms with E-state index < -0.39 is 24.1 Å². The van der Waals surface area contributed by atoms with E-state index in [1.54, 1.807) is 0 Å². The van der Waals surface area contributed by atoms with Gasteiger partial charge in [0.2, 0.25) is 5.91 Å². The Morgan fingerprint density at radius 1 is 1.16 bits per heavy atom. The molecule has 0 unspecified atom stereocenters. The lowest BCUT2D eigenvalue weighted by molar-refractivity contribution is -0.274. The van der Waals surface area contributed by atoms with Crippen LogP contribution in [0.4, 0.5) is 23.7 Å². The van der Waals surface area contributed by atoms with E-state index in [-0.39, 0.29) is 5.69 Å². The zero-order valence-electron chi connectivity index (χ0n) is 10.0. The molecule has 5 nitrogen and oxygen atoms in total. The molecule has 0 aliphatic heterocycles. The van der Waals surface area contributed by atoms with Gasteiger partial charge in [-0.3, -0.25) is 4.79 Å². The number of carbonyl (C=O) groups excluding carboxylic acids is 2. The molecule has 2 amide bonds. The Balaban J connectivity index is 2.96. The molecule has 0 bridgehead atoms. The number of nitrogens with zero attached hydrogens (tertiary/aromatic N) is 1. The maximum absolute atomic E-state index is 12.0. The van der Waals surface area contributed by atoms with Crippen LogP contribution in [0.1, 0.15) is 6.92 Å². The Kier molecular flexibility index (Phi) is 4.36. The summed E-state index contributed by atoms with van der Waals surface area (Å²) in [4.78, 5) is 23.3. The van der Waals surface area contributed by atoms with Gasteiger partial charge in [0.1, 0.15) is 5.75 Å². The lowest BCUT2D eigenvalue weighted by atomic mass is 10.3. The van der Waals surface area contributed by atoms with Gasteiger partial charge in [0.25, 0.3) is 0 Å². The molecule has 1 aromatic rings. The maximum atomic E-state index is 12.0. The summed E-state index contributed by atoms with van der Waals surface area (Å²) < 4.78 is 43.9. The largest absolute Gasteiger partial charge is 0.573 e. The van der Waals surface area contributed by atoms with E-state index in [2.05, 4.69) is 9.47 Å². The molecule has 0 fully saturated rings. The zero-order valence-corrected chi connectivity index (χ0v) is 10.0. The molecule has 0 spiro atoms. The second kappa shape index (κ2) is 5.59. The third-order valence-corrected chi connectivity index (χ3v) is 2.00. The van der Waals surface area contributed by atoms with Crippen LogP contribution in [0.15, 0.2) is 24.3 Å². The first-order valence-corrected chi connectivity index (χ1v) is 4.99. The molecule has 1 rings (SSSR count). The second-order valence-corrected chi connectivity index (χ2v) is 3.37. The number of amides is 2. The minimum absolute atomic E-state index is 0.0777. The van der Waals surface area contributed by atoms with Gasteiger partial charge in [-0.25, -0.2) is 9.69 Å². The molecule has 0 radical (unpaired) electrons. The van der Waals surface area contributed by atoms with Crippen LogP contribution in [0.5, 0.6) is 5.75 Å². The van der Waals surface area contributed by atoms with Crippen molar-refractivity contribution in [2.45, 2.75) is 13.3 Å². The number of hydrogen-bond acceptors (Lipinski definition) is 4. The first-order valence-electron chi connectivity index (χ1n) is 4.99. The predicted molar refractivity (Wildman–Crippen MR) is 58.7 cm³/mol. The number of carbonyl (C=O) groups is 2. The first-order chi connectivity index (χ1) is 8.74. The average molecular weight is 277 g/mol. The van der Waals surface area contributed by atoms with Gasteiger partial charge in [0.15, 0.2) is 0 Å². The Hall–Kier alpha value is -2.25. The van der Waals surface area contributed by atoms with Crippen molar-refractivity contribution < 1.29 is 32.2 Å². The van der Waals surface area contributed by atoms with Crippen molar-refractivity contribution in [3.8, 4) is 5.75 Å². The highest BCUT2D eigenvalue weighted by molar-refractivity contribution is 6.11. The summed E-state index contributed by atoms with van der Waals surface area (Å²) in [7, 11) is 1.08. The Labute approximate surface area is 106 Å². The van der Waals surface area contributed by atoms with E-state index in [9.17, 15) is 22.8 Å². The summed E-state index contributed by atoms with van der Waals surface area (Å²) in [5, 5.41) is 0. The van der Waals surface area contributed by atoms with E-state index in [1.165, 1.54) is 0 Å². The molecule has 0 saturated carbocycles. The Morgan fingerprint density at radius 2 is 1.68 bits per heavy atom. The number of hydrogen-bond donors (Lipinski definition) is 0. The number of halogens is 3. The molecule has 1 aromatic carbocycles. The van der Waals surface area contributed by atoms with Gasteiger partial charge in [-0.2, -0.15) is 0 Å². The minimum Gasteiger partial charge on any atom is -0.452 e. The highest BCUT2D eigenvalue weighted by Gasteiger charge is 2.31. The molecule has 8 heteroatoms. The number of rotatable bonds is 2. The minimum atomic E-state index is -4.80. The smallest absolute Gasteiger partial charge is 0.452 e. The molecule has 0 atom stereocenters. The van der Waals surface area contributed by atoms with Gasteiger partial charge in [0, 0.05) is 6.92 Å². The number of ether oxygens (including phenoxy) is 2. The normalized spacial score (nSPS) is 10.8. The average Bonchev–Trinajstić information content (AvgIpc) is 2.29. The number of benzene rings is 1. The van der Waals surface area contributed by atoms with Gasteiger partial charge >= 0.3 is 12.5 Å². The third-order valence-electron chi connectivity index (χ3n) is 2.00. The number of alkyl halides is 3. The summed E-state index contributed by atoms with van der Waals surface area (Å²) in [5.74, 6) is -1.08. The lowest BCUT2D eigenvalue weighted by Gasteiger charge is -2.18. The number of anilines is 1. The topological polar surface area (TPSA) is 55.8 Å². The number of imide groups is 1. The van der Waals surface area contributed by atoms with E-state index in [1.807, 2.05) is 0 Å². The highest BCUT2D eigenvalue weighted by Crippen LogP contribution is 2.25. The van der Waals surface area contributed by atoms with E-state index in [0.717, 1.165) is 38.3 Å². The van der Waals surface area contributed by atoms with Crippen LogP contribution in [0, 0.1) is 0 Å². The van der Waals surface area contributed by atoms with E-state index >= 15 is 0 Å². The summed E-state index contributed by atoms with van der Waals surface area (Å²) >= 11 is 0. The van der Waals surface area contributed by atoms with Crippen LogP contribution in [0.2, 0.25) is 0 Å². The summed E-state index contributed by atoms with van der Waals surface area (Å²) in [6, 6.07) is 4.25. The van der Waals surface area contributed by atoms with Crippen molar-refractivity contribution >= 4 is 17.7 Å². The fraction of sp³-hybridized carbons (Fsp3) is 0.273. The van der Waals surface area contributed by atoms with Crippen molar-refractivity contribution in [2.24, 2.45) is 0 Å². The molecule has 104 valence electrons. The summed E-state index contributed by atoms with van der Waals surface area (Å²) in [6.07, 6.45) is -5.73. The molecular weight excluding hydrogens is 267 g/mol. The molecule has 0 N–H and O–H groups in total. The zero-order chi connectivity index (χ0) is 14.6. The van der Waals surface area contributed by atoms with Crippen molar-refractivity contribution in [1.29, 1.82) is 0 Å². The van der Waals surface area contributed by atoms with Gasteiger partial charge in [-0.05, 0) is 24.3 Å². The van der Waals surface area contributed by atoms with Crippen LogP contribution in [-0.4, -0.2) is 25.5 Å². The molecule has 0 heterocycles. The van der Waals surface area contributed by atoms with Crippen LogP contribution in [0.3, 0.4) is 0 Å². The quantitative estimate of drug-likeness (QED) is 0.834. The van der Waals surface area contributed by atoms with Crippen molar-refractivity contribution in [1.82, 2.24) is 0 Å². The van der Waals surface area contributed by atoms with Crippen molar-refractivity contribution in [2.75, 3.05) is 12.0 Å². The van der Waals surface area contributed by atoms with Gasteiger partial charge in [-0.1, -0.05) is 0 Å². The number of methoxy groups -OCH3 is 1. The second-order valence-electron chi connectivity index (χ2n) is 3.37. The van der Waals surface area contributed by atoms with Crippen molar-refractivity contribution in [3.05, 3.63) is 24.3 Å². The molecule has 0 saturated heterocycles. The lowest BCUT2D eigenvalue weighted by Crippen LogP contribution is -2.34. The molecule has 19 heavy (non-hydrogen) atoms. The third kappa shape index (κ3) is 4.16. The Bertz CT molecular complexity index is 470.